The summed E-state index contributed by atoms with van der Waals surface area (Å²) in [4.78, 5) is 13.6. The number of nitrogens with one attached hydrogen (secondary N) is 1. The molecule has 0 radical (unpaired) electrons. The predicted octanol–water partition coefficient (Wildman–Crippen LogP) is 0.868. The van der Waals surface area contributed by atoms with Crippen LogP contribution in [0.5, 0.6) is 0 Å². The van der Waals surface area contributed by atoms with Crippen molar-refractivity contribution in [2.75, 3.05) is 27.2 Å². The molecule has 0 heterocycles. The number of likely N-dealkylation sites (N-methyl/N-ethyl adjacent to an activating group) is 1. The first-order valence-electron chi connectivity index (χ1n) is 5.33. The molecule has 1 N–H and O–H groups in total. The number of carbonyl (C=O) groups is 1. The van der Waals surface area contributed by atoms with Crippen LogP contribution >= 0.6 is 0 Å². The third kappa shape index (κ3) is 8.39. The fraction of sp³-hybridized carbons (Fsp3) is 0.909. The highest BCUT2D eigenvalue weighted by atomic mass is 16.6. The molecule has 0 saturated carbocycles. The molecular weight excluding hydrogens is 192 g/mol. The summed E-state index contributed by atoms with van der Waals surface area (Å²) in [7, 11) is 4.00. The molecule has 4 heteroatoms. The van der Waals surface area contributed by atoms with Crippen molar-refractivity contribution in [3.05, 3.63) is 0 Å². The minimum atomic E-state index is -0.408. The molecule has 1 atom stereocenters. The van der Waals surface area contributed by atoms with Crippen LogP contribution < -0.4 is 5.32 Å². The van der Waals surface area contributed by atoms with Gasteiger partial charge in [-0.05, 0) is 41.8 Å². The second-order valence-electron chi connectivity index (χ2n) is 5.01. The lowest BCUT2D eigenvalue weighted by atomic mass is 10.2. The van der Waals surface area contributed by atoms with Gasteiger partial charge in [0.1, 0.15) is 11.6 Å². The zero-order chi connectivity index (χ0) is 12.1. The maximum absolute atomic E-state index is 11.5. The van der Waals surface area contributed by atoms with E-state index in [0.29, 0.717) is 0 Å². The summed E-state index contributed by atoms with van der Waals surface area (Å²) in [5.41, 5.74) is -0.408. The average molecular weight is 216 g/mol. The van der Waals surface area contributed by atoms with Crippen LogP contribution in [0.4, 0.5) is 0 Å². The number of rotatable bonds is 5. The maximum Gasteiger partial charge on any atom is 0.323 e. The van der Waals surface area contributed by atoms with E-state index in [0.717, 1.165) is 13.1 Å². The molecule has 90 valence electrons. The first-order valence-corrected chi connectivity index (χ1v) is 5.33. The molecule has 0 aromatic heterocycles. The van der Waals surface area contributed by atoms with E-state index >= 15 is 0 Å². The van der Waals surface area contributed by atoms with Crippen molar-refractivity contribution in [1.82, 2.24) is 10.2 Å². The molecule has 0 rings (SSSR count). The SMILES string of the molecule is CC(NCCN(C)C)C(=O)OC(C)(C)C. The predicted molar refractivity (Wildman–Crippen MR) is 61.9 cm³/mol. The smallest absolute Gasteiger partial charge is 0.323 e. The van der Waals surface area contributed by atoms with Gasteiger partial charge in [0, 0.05) is 13.1 Å². The number of nitrogens with zero attached hydrogens (tertiary/aromatic N) is 1. The number of ether oxygens (including phenoxy) is 1. The van der Waals surface area contributed by atoms with Crippen molar-refractivity contribution >= 4 is 5.97 Å². The standard InChI is InChI=1S/C11H24N2O2/c1-9(12-7-8-13(5)6)10(14)15-11(2,3)4/h9,12H,7-8H2,1-6H3. The van der Waals surface area contributed by atoms with Crippen molar-refractivity contribution in [3.8, 4) is 0 Å². The third-order valence-electron chi connectivity index (χ3n) is 1.77. The van der Waals surface area contributed by atoms with Gasteiger partial charge in [-0.25, -0.2) is 0 Å². The van der Waals surface area contributed by atoms with Crippen LogP contribution in [-0.2, 0) is 9.53 Å². The van der Waals surface area contributed by atoms with Gasteiger partial charge in [-0.2, -0.15) is 0 Å². The summed E-state index contributed by atoms with van der Waals surface area (Å²) in [5.74, 6) is -0.193. The summed E-state index contributed by atoms with van der Waals surface area (Å²) >= 11 is 0. The zero-order valence-corrected chi connectivity index (χ0v) is 10.8. The van der Waals surface area contributed by atoms with E-state index in [1.807, 2.05) is 41.8 Å². The Bertz CT molecular complexity index is 197. The number of hydrogen-bond acceptors (Lipinski definition) is 4. The normalized spacial score (nSPS) is 14.1. The average Bonchev–Trinajstić information content (AvgIpc) is 1.99. The Hall–Kier alpha value is -0.610. The summed E-state index contributed by atoms with van der Waals surface area (Å²) in [6, 6.07) is -0.246. The first-order chi connectivity index (χ1) is 6.72. The highest BCUT2D eigenvalue weighted by Crippen LogP contribution is 2.07. The van der Waals surface area contributed by atoms with Crippen LogP contribution in [0, 0.1) is 0 Å². The Kier molecular flexibility index (Phi) is 5.83. The Morgan fingerprint density at radius 3 is 2.33 bits per heavy atom. The van der Waals surface area contributed by atoms with Crippen LogP contribution in [0.3, 0.4) is 0 Å². The molecular formula is C11H24N2O2. The van der Waals surface area contributed by atoms with E-state index in [-0.39, 0.29) is 12.0 Å². The van der Waals surface area contributed by atoms with Gasteiger partial charge in [-0.3, -0.25) is 4.79 Å². The Morgan fingerprint density at radius 2 is 1.93 bits per heavy atom. The summed E-state index contributed by atoms with van der Waals surface area (Å²) in [6.07, 6.45) is 0. The molecule has 0 spiro atoms. The van der Waals surface area contributed by atoms with Crippen LogP contribution in [0.2, 0.25) is 0 Å². The molecule has 0 aliphatic heterocycles. The molecule has 0 aromatic rings. The zero-order valence-electron chi connectivity index (χ0n) is 10.8. The molecule has 0 aliphatic carbocycles. The van der Waals surface area contributed by atoms with Crippen LogP contribution in [0.1, 0.15) is 27.7 Å². The van der Waals surface area contributed by atoms with E-state index in [9.17, 15) is 4.79 Å². The van der Waals surface area contributed by atoms with Gasteiger partial charge in [0.25, 0.3) is 0 Å². The summed E-state index contributed by atoms with van der Waals surface area (Å²) < 4.78 is 5.24. The Balaban J connectivity index is 3.80. The molecule has 0 aromatic carbocycles. The Labute approximate surface area is 93.0 Å². The van der Waals surface area contributed by atoms with Gasteiger partial charge < -0.3 is 15.0 Å². The monoisotopic (exact) mass is 216 g/mol. The first kappa shape index (κ1) is 14.4. The van der Waals surface area contributed by atoms with E-state index in [1.54, 1.807) is 0 Å². The van der Waals surface area contributed by atoms with E-state index in [2.05, 4.69) is 10.2 Å². The van der Waals surface area contributed by atoms with Gasteiger partial charge in [0.05, 0.1) is 0 Å². The lowest BCUT2D eigenvalue weighted by molar-refractivity contribution is -0.156. The molecule has 4 nitrogen and oxygen atoms in total. The van der Waals surface area contributed by atoms with E-state index < -0.39 is 5.60 Å². The maximum atomic E-state index is 11.5. The number of esters is 1. The molecule has 0 aliphatic rings. The van der Waals surface area contributed by atoms with Gasteiger partial charge in [-0.15, -0.1) is 0 Å². The van der Waals surface area contributed by atoms with Gasteiger partial charge in [0.15, 0.2) is 0 Å². The van der Waals surface area contributed by atoms with Crippen molar-refractivity contribution in [1.29, 1.82) is 0 Å². The summed E-state index contributed by atoms with van der Waals surface area (Å²) in [5, 5.41) is 3.12. The fourth-order valence-electron chi connectivity index (χ4n) is 0.978. The fourth-order valence-corrected chi connectivity index (χ4v) is 0.978. The lowest BCUT2D eigenvalue weighted by Gasteiger charge is -2.23. The van der Waals surface area contributed by atoms with Crippen molar-refractivity contribution in [3.63, 3.8) is 0 Å². The second-order valence-corrected chi connectivity index (χ2v) is 5.01. The molecule has 0 bridgehead atoms. The lowest BCUT2D eigenvalue weighted by Crippen LogP contribution is -2.41. The quantitative estimate of drug-likeness (QED) is 0.692. The number of hydrogen-bond donors (Lipinski definition) is 1. The van der Waals surface area contributed by atoms with E-state index in [4.69, 9.17) is 4.74 Å². The van der Waals surface area contributed by atoms with Crippen molar-refractivity contribution in [2.45, 2.75) is 39.3 Å². The van der Waals surface area contributed by atoms with E-state index in [1.165, 1.54) is 0 Å². The highest BCUT2D eigenvalue weighted by molar-refractivity contribution is 5.75. The molecule has 0 fully saturated rings. The molecule has 1 unspecified atom stereocenters. The minimum Gasteiger partial charge on any atom is -0.459 e. The largest absolute Gasteiger partial charge is 0.459 e. The molecule has 15 heavy (non-hydrogen) atoms. The summed E-state index contributed by atoms with van der Waals surface area (Å²) in [6.45, 7) is 9.14. The number of carbonyl (C=O) groups excluding carboxylic acids is 1. The van der Waals surface area contributed by atoms with Crippen molar-refractivity contribution < 1.29 is 9.53 Å². The van der Waals surface area contributed by atoms with Gasteiger partial charge in [0.2, 0.25) is 0 Å². The highest BCUT2D eigenvalue weighted by Gasteiger charge is 2.20. The Morgan fingerprint density at radius 1 is 1.40 bits per heavy atom. The molecule has 0 amide bonds. The second kappa shape index (κ2) is 6.08. The van der Waals surface area contributed by atoms with Gasteiger partial charge >= 0.3 is 5.97 Å². The van der Waals surface area contributed by atoms with Gasteiger partial charge in [-0.1, -0.05) is 0 Å². The topological polar surface area (TPSA) is 41.6 Å². The van der Waals surface area contributed by atoms with Crippen molar-refractivity contribution in [2.24, 2.45) is 0 Å². The molecule has 0 saturated heterocycles. The van der Waals surface area contributed by atoms with Crippen LogP contribution in [-0.4, -0.2) is 49.7 Å². The third-order valence-corrected chi connectivity index (χ3v) is 1.77. The minimum absolute atomic E-state index is 0.193. The van der Waals surface area contributed by atoms with Crippen LogP contribution in [0.25, 0.3) is 0 Å². The van der Waals surface area contributed by atoms with Crippen LogP contribution in [0.15, 0.2) is 0 Å².